The molecule has 0 aliphatic carbocycles. The monoisotopic (exact) mass is 278 g/mol. The number of nitrogens with zero attached hydrogens (tertiary/aromatic N) is 2. The third-order valence-electron chi connectivity index (χ3n) is 2.75. The van der Waals surface area contributed by atoms with Crippen LogP contribution in [-0.4, -0.2) is 10.1 Å². The van der Waals surface area contributed by atoms with Crippen molar-refractivity contribution in [2.24, 2.45) is 0 Å². The number of nitriles is 1. The lowest BCUT2D eigenvalue weighted by atomic mass is 10.0. The number of benzene rings is 1. The smallest absolute Gasteiger partial charge is 0.384 e. The first kappa shape index (κ1) is 14.0. The number of hydrogen-bond donors (Lipinski definition) is 1. The van der Waals surface area contributed by atoms with Crippen LogP contribution in [0.2, 0.25) is 0 Å². The Bertz CT molecular complexity index is 645. The minimum Gasteiger partial charge on any atom is -0.384 e. The molecule has 0 spiro atoms. The molecule has 102 valence electrons. The first-order valence-corrected chi connectivity index (χ1v) is 5.63. The van der Waals surface area contributed by atoms with Crippen LogP contribution < -0.4 is 0 Å². The SMILES string of the molecule is N#Cc1ccc(C(O)c2ccnc(C(F)(F)F)c2)cc1. The highest BCUT2D eigenvalue weighted by atomic mass is 19.4. The topological polar surface area (TPSA) is 56.9 Å². The van der Waals surface area contributed by atoms with Gasteiger partial charge in [-0.1, -0.05) is 12.1 Å². The van der Waals surface area contributed by atoms with Crippen LogP contribution in [0.4, 0.5) is 13.2 Å². The molecule has 0 aliphatic rings. The normalized spacial score (nSPS) is 12.8. The van der Waals surface area contributed by atoms with E-state index in [1.165, 1.54) is 30.3 Å². The molecule has 1 heterocycles. The van der Waals surface area contributed by atoms with Crippen molar-refractivity contribution in [1.82, 2.24) is 4.98 Å². The fraction of sp³-hybridized carbons (Fsp3) is 0.143. The molecule has 2 rings (SSSR count). The Morgan fingerprint density at radius 3 is 2.30 bits per heavy atom. The fourth-order valence-electron chi connectivity index (χ4n) is 1.70. The molecule has 0 aliphatic heterocycles. The van der Waals surface area contributed by atoms with Crippen molar-refractivity contribution < 1.29 is 18.3 Å². The minimum absolute atomic E-state index is 0.0945. The van der Waals surface area contributed by atoms with E-state index in [1.807, 2.05) is 6.07 Å². The summed E-state index contributed by atoms with van der Waals surface area (Å²) >= 11 is 0. The van der Waals surface area contributed by atoms with Gasteiger partial charge in [-0.25, -0.2) is 0 Å². The summed E-state index contributed by atoms with van der Waals surface area (Å²) in [7, 11) is 0. The number of aliphatic hydroxyl groups excluding tert-OH is 1. The highest BCUT2D eigenvalue weighted by Gasteiger charge is 2.32. The second kappa shape index (κ2) is 5.31. The third-order valence-corrected chi connectivity index (χ3v) is 2.75. The van der Waals surface area contributed by atoms with Crippen LogP contribution >= 0.6 is 0 Å². The van der Waals surface area contributed by atoms with E-state index in [2.05, 4.69) is 4.98 Å². The van der Waals surface area contributed by atoms with Gasteiger partial charge in [0.1, 0.15) is 11.8 Å². The quantitative estimate of drug-likeness (QED) is 0.918. The summed E-state index contributed by atoms with van der Waals surface area (Å²) in [6.45, 7) is 0. The van der Waals surface area contributed by atoms with E-state index >= 15 is 0 Å². The number of hydrogen-bond acceptors (Lipinski definition) is 3. The molecule has 0 fully saturated rings. The van der Waals surface area contributed by atoms with Gasteiger partial charge in [0.15, 0.2) is 0 Å². The van der Waals surface area contributed by atoms with Gasteiger partial charge in [-0.05, 0) is 35.4 Å². The maximum absolute atomic E-state index is 12.6. The summed E-state index contributed by atoms with van der Waals surface area (Å²) in [6.07, 6.45) is -4.75. The summed E-state index contributed by atoms with van der Waals surface area (Å²) in [4.78, 5) is 3.23. The molecule has 1 unspecified atom stereocenters. The molecule has 0 saturated carbocycles. The van der Waals surface area contributed by atoms with Crippen LogP contribution in [0.1, 0.15) is 28.5 Å². The highest BCUT2D eigenvalue weighted by molar-refractivity contribution is 5.36. The molecule has 1 atom stereocenters. The van der Waals surface area contributed by atoms with Gasteiger partial charge in [-0.2, -0.15) is 18.4 Å². The lowest BCUT2D eigenvalue weighted by molar-refractivity contribution is -0.141. The molecule has 2 aromatic rings. The molecule has 0 bridgehead atoms. The van der Waals surface area contributed by atoms with E-state index in [0.717, 1.165) is 12.3 Å². The second-order valence-electron chi connectivity index (χ2n) is 4.11. The molecule has 0 saturated heterocycles. The van der Waals surface area contributed by atoms with Crippen molar-refractivity contribution in [3.8, 4) is 6.07 Å². The Morgan fingerprint density at radius 1 is 1.10 bits per heavy atom. The molecule has 3 nitrogen and oxygen atoms in total. The molecule has 0 radical (unpaired) electrons. The lowest BCUT2D eigenvalue weighted by Gasteiger charge is -2.13. The Kier molecular flexibility index (Phi) is 3.72. The number of rotatable bonds is 2. The van der Waals surface area contributed by atoms with Crippen molar-refractivity contribution in [3.05, 3.63) is 65.0 Å². The zero-order valence-corrected chi connectivity index (χ0v) is 10.1. The zero-order valence-electron chi connectivity index (χ0n) is 10.1. The number of pyridine rings is 1. The summed E-state index contributed by atoms with van der Waals surface area (Å²) in [5.41, 5.74) is -0.144. The molecule has 1 aromatic carbocycles. The third kappa shape index (κ3) is 2.95. The molecule has 0 amide bonds. The lowest BCUT2D eigenvalue weighted by Crippen LogP contribution is -2.09. The Hall–Kier alpha value is -2.39. The largest absolute Gasteiger partial charge is 0.433 e. The van der Waals surface area contributed by atoms with E-state index in [4.69, 9.17) is 5.26 Å². The van der Waals surface area contributed by atoms with E-state index in [0.29, 0.717) is 11.1 Å². The second-order valence-corrected chi connectivity index (χ2v) is 4.11. The summed E-state index contributed by atoms with van der Waals surface area (Å²) in [5.74, 6) is 0. The molecular weight excluding hydrogens is 269 g/mol. The summed E-state index contributed by atoms with van der Waals surface area (Å²) < 4.78 is 37.7. The van der Waals surface area contributed by atoms with E-state index < -0.39 is 18.0 Å². The summed E-state index contributed by atoms with van der Waals surface area (Å²) in [6, 6.07) is 10.0. The van der Waals surface area contributed by atoms with Gasteiger partial charge in [0.2, 0.25) is 0 Å². The number of aliphatic hydroxyl groups is 1. The maximum Gasteiger partial charge on any atom is 0.433 e. The first-order valence-electron chi connectivity index (χ1n) is 5.63. The van der Waals surface area contributed by atoms with Crippen LogP contribution in [-0.2, 0) is 6.18 Å². The van der Waals surface area contributed by atoms with Crippen molar-refractivity contribution >= 4 is 0 Å². The molecule has 1 aromatic heterocycles. The van der Waals surface area contributed by atoms with Gasteiger partial charge < -0.3 is 5.11 Å². The van der Waals surface area contributed by atoms with Crippen LogP contribution in [0, 0.1) is 11.3 Å². The first-order chi connectivity index (χ1) is 9.41. The Balaban J connectivity index is 2.33. The van der Waals surface area contributed by atoms with Gasteiger partial charge >= 0.3 is 6.18 Å². The Morgan fingerprint density at radius 2 is 1.75 bits per heavy atom. The van der Waals surface area contributed by atoms with Crippen LogP contribution in [0.3, 0.4) is 0 Å². The van der Waals surface area contributed by atoms with Crippen LogP contribution in [0.15, 0.2) is 42.6 Å². The van der Waals surface area contributed by atoms with E-state index in [-0.39, 0.29) is 5.56 Å². The van der Waals surface area contributed by atoms with Crippen molar-refractivity contribution in [3.63, 3.8) is 0 Å². The van der Waals surface area contributed by atoms with Gasteiger partial charge in [0.25, 0.3) is 0 Å². The minimum atomic E-state index is -4.56. The van der Waals surface area contributed by atoms with Crippen LogP contribution in [0.25, 0.3) is 0 Å². The molecule has 6 heteroatoms. The maximum atomic E-state index is 12.6. The average molecular weight is 278 g/mol. The fourth-order valence-corrected chi connectivity index (χ4v) is 1.70. The standard InChI is InChI=1S/C14H9F3N2O/c15-14(16,17)12-7-11(5-6-19-12)13(20)10-3-1-9(8-18)2-4-10/h1-7,13,20H. The predicted molar refractivity (Wildman–Crippen MR) is 64.5 cm³/mol. The number of halogens is 3. The van der Waals surface area contributed by atoms with Gasteiger partial charge in [0, 0.05) is 6.20 Å². The van der Waals surface area contributed by atoms with E-state index in [9.17, 15) is 18.3 Å². The molecule has 1 N–H and O–H groups in total. The van der Waals surface area contributed by atoms with Crippen molar-refractivity contribution in [2.75, 3.05) is 0 Å². The highest BCUT2D eigenvalue weighted by Crippen LogP contribution is 2.30. The molecule has 20 heavy (non-hydrogen) atoms. The summed E-state index contributed by atoms with van der Waals surface area (Å²) in [5, 5.41) is 18.7. The van der Waals surface area contributed by atoms with Gasteiger partial charge in [-0.15, -0.1) is 0 Å². The number of alkyl halides is 3. The van der Waals surface area contributed by atoms with Gasteiger partial charge in [0.05, 0.1) is 11.6 Å². The number of aromatic nitrogens is 1. The van der Waals surface area contributed by atoms with E-state index in [1.54, 1.807) is 0 Å². The van der Waals surface area contributed by atoms with Crippen LogP contribution in [0.5, 0.6) is 0 Å². The van der Waals surface area contributed by atoms with Crippen molar-refractivity contribution in [2.45, 2.75) is 12.3 Å². The van der Waals surface area contributed by atoms with Gasteiger partial charge in [-0.3, -0.25) is 4.98 Å². The Labute approximate surface area is 112 Å². The molecular formula is C14H9F3N2O. The average Bonchev–Trinajstić information content (AvgIpc) is 2.46. The zero-order chi connectivity index (χ0) is 14.8. The van der Waals surface area contributed by atoms with Crippen molar-refractivity contribution in [1.29, 1.82) is 5.26 Å². The predicted octanol–water partition coefficient (Wildman–Crippen LogP) is 3.05.